The third kappa shape index (κ3) is 7.58. The number of hydrogen-bond acceptors (Lipinski definition) is 9. The average Bonchev–Trinajstić information content (AvgIpc) is 3.63. The van der Waals surface area contributed by atoms with E-state index in [4.69, 9.17) is 20.9 Å². The summed E-state index contributed by atoms with van der Waals surface area (Å²) in [5.74, 6) is -0.103. The fourth-order valence-electron chi connectivity index (χ4n) is 4.98. The number of rotatable bonds is 10. The number of hydrogen-bond donors (Lipinski definition) is 5. The summed E-state index contributed by atoms with van der Waals surface area (Å²) in [7, 11) is 0. The number of halogens is 3. The van der Waals surface area contributed by atoms with Crippen LogP contribution in [0.2, 0.25) is 0 Å². The van der Waals surface area contributed by atoms with Crippen molar-refractivity contribution in [1.29, 1.82) is 5.26 Å². The van der Waals surface area contributed by atoms with Crippen molar-refractivity contribution in [3.8, 4) is 17.3 Å². The Morgan fingerprint density at radius 3 is 2.59 bits per heavy atom. The molecule has 1 aliphatic rings. The van der Waals surface area contributed by atoms with Gasteiger partial charge in [-0.05, 0) is 43.0 Å². The van der Waals surface area contributed by atoms with Crippen LogP contribution in [-0.2, 0) is 28.7 Å². The molecule has 14 nitrogen and oxygen atoms in total. The molecule has 4 aromatic rings. The molecule has 1 saturated carbocycles. The minimum Gasteiger partial charge on any atom is -0.483 e. The minimum atomic E-state index is -4.74. The predicted octanol–water partition coefficient (Wildman–Crippen LogP) is 2.73. The summed E-state index contributed by atoms with van der Waals surface area (Å²) >= 11 is 0. The molecule has 3 heterocycles. The van der Waals surface area contributed by atoms with E-state index in [1.807, 2.05) is 6.92 Å². The first-order chi connectivity index (χ1) is 22.0. The van der Waals surface area contributed by atoms with E-state index in [1.54, 1.807) is 24.3 Å². The fourth-order valence-corrected chi connectivity index (χ4v) is 4.98. The molecule has 0 bridgehead atoms. The Morgan fingerprint density at radius 2 is 1.93 bits per heavy atom. The maximum atomic E-state index is 13.7. The number of nitrogens with one attached hydrogen (secondary N) is 3. The van der Waals surface area contributed by atoms with Crippen LogP contribution in [0.15, 0.2) is 43.0 Å². The van der Waals surface area contributed by atoms with E-state index < -0.39 is 11.9 Å². The van der Waals surface area contributed by atoms with Crippen molar-refractivity contribution in [2.45, 2.75) is 44.9 Å². The number of imidazole rings is 1. The number of nitriles is 1. The standard InChI is InChI=1S/C28H29F3N10O2.CH2O2/c1-2-16-13-19(3-4-20(16)27(43)36-7-6-35-26(42)17-11-18(33)12-17)38-24-25-37-14-22(41(25)10-8-34-24)21-15-40(9-5-32)39-23(21)28(29,30)31;2-1-3/h3-4,8,10,13-15,17-18H,2,6-7,9,11-12,33H2,1H3,(H,34,38)(H,35,42)(H,36,43);1H,(H,2,3). The maximum Gasteiger partial charge on any atom is 0.435 e. The summed E-state index contributed by atoms with van der Waals surface area (Å²) in [6.45, 7) is 1.90. The molecule has 0 atom stereocenters. The number of carboxylic acid groups (broad SMARTS) is 1. The highest BCUT2D eigenvalue weighted by Crippen LogP contribution is 2.37. The lowest BCUT2D eigenvalue weighted by Gasteiger charge is -2.31. The maximum absolute atomic E-state index is 13.7. The SMILES string of the molecule is CCc1cc(Nc2nccn3c(-c4cn(CC#N)nc4C(F)(F)F)cnc23)ccc1C(=O)NCCNC(=O)C1CC(N)C1.O=CO. The molecule has 46 heavy (non-hydrogen) atoms. The normalized spacial score (nSPS) is 15.6. The smallest absolute Gasteiger partial charge is 0.435 e. The summed E-state index contributed by atoms with van der Waals surface area (Å²) in [6.07, 6.45) is 2.54. The monoisotopic (exact) mass is 640 g/mol. The van der Waals surface area contributed by atoms with E-state index in [9.17, 15) is 22.8 Å². The van der Waals surface area contributed by atoms with Crippen molar-refractivity contribution in [3.63, 3.8) is 0 Å². The number of carbonyl (C=O) groups excluding carboxylic acids is 2. The van der Waals surface area contributed by atoms with Gasteiger partial charge in [0.25, 0.3) is 12.4 Å². The number of anilines is 2. The van der Waals surface area contributed by atoms with Crippen LogP contribution in [0.1, 0.15) is 41.4 Å². The Labute approximate surface area is 260 Å². The molecular formula is C29H31F3N10O4. The molecule has 1 aliphatic carbocycles. The highest BCUT2D eigenvalue weighted by Gasteiger charge is 2.38. The van der Waals surface area contributed by atoms with Gasteiger partial charge in [0.15, 0.2) is 17.2 Å². The molecule has 0 unspecified atom stereocenters. The van der Waals surface area contributed by atoms with Gasteiger partial charge in [0.05, 0.1) is 23.5 Å². The van der Waals surface area contributed by atoms with E-state index in [0.29, 0.717) is 37.1 Å². The number of nitrogens with zero attached hydrogens (tertiary/aromatic N) is 6. The molecule has 5 rings (SSSR count). The van der Waals surface area contributed by atoms with Crippen molar-refractivity contribution in [3.05, 3.63) is 59.8 Å². The van der Waals surface area contributed by atoms with Gasteiger partial charge in [0.2, 0.25) is 5.91 Å². The topological polar surface area (TPSA) is 205 Å². The number of aromatic nitrogens is 5. The van der Waals surface area contributed by atoms with Gasteiger partial charge in [-0.15, -0.1) is 0 Å². The zero-order valence-corrected chi connectivity index (χ0v) is 24.6. The van der Waals surface area contributed by atoms with E-state index in [0.717, 1.165) is 10.2 Å². The molecule has 1 fully saturated rings. The van der Waals surface area contributed by atoms with Gasteiger partial charge < -0.3 is 26.8 Å². The predicted molar refractivity (Wildman–Crippen MR) is 159 cm³/mol. The van der Waals surface area contributed by atoms with Crippen LogP contribution in [0.3, 0.4) is 0 Å². The Hall–Kier alpha value is -5.50. The second kappa shape index (κ2) is 14.5. The molecule has 17 heteroatoms. The number of fused-ring (bicyclic) bond motifs is 1. The summed E-state index contributed by atoms with van der Waals surface area (Å²) < 4.78 is 43.6. The number of alkyl halides is 3. The average molecular weight is 641 g/mol. The number of aryl methyl sites for hydroxylation is 1. The Kier molecular flexibility index (Phi) is 10.5. The largest absolute Gasteiger partial charge is 0.483 e. The van der Waals surface area contributed by atoms with Gasteiger partial charge in [0.1, 0.15) is 6.54 Å². The second-order valence-corrected chi connectivity index (χ2v) is 10.3. The molecule has 0 spiro atoms. The van der Waals surface area contributed by atoms with Crippen LogP contribution >= 0.6 is 0 Å². The first-order valence-corrected chi connectivity index (χ1v) is 14.1. The fraction of sp³-hybridized carbons (Fsp3) is 0.345. The lowest BCUT2D eigenvalue weighted by molar-refractivity contribution is -0.141. The summed E-state index contributed by atoms with van der Waals surface area (Å²) in [6, 6.07) is 7.02. The number of benzene rings is 1. The molecule has 6 N–H and O–H groups in total. The number of amides is 2. The molecule has 1 aromatic carbocycles. The Balaban J connectivity index is 0.00000154. The molecular weight excluding hydrogens is 609 g/mol. The highest BCUT2D eigenvalue weighted by atomic mass is 19.4. The van der Waals surface area contributed by atoms with Gasteiger partial charge >= 0.3 is 6.18 Å². The van der Waals surface area contributed by atoms with Gasteiger partial charge in [-0.25, -0.2) is 9.97 Å². The van der Waals surface area contributed by atoms with E-state index in [2.05, 4.69) is 31.0 Å². The lowest BCUT2D eigenvalue weighted by atomic mass is 9.80. The third-order valence-electron chi connectivity index (χ3n) is 7.22. The summed E-state index contributed by atoms with van der Waals surface area (Å²) in [4.78, 5) is 41.9. The highest BCUT2D eigenvalue weighted by molar-refractivity contribution is 5.96. The second-order valence-electron chi connectivity index (χ2n) is 10.3. The first kappa shape index (κ1) is 33.4. The lowest BCUT2D eigenvalue weighted by Crippen LogP contribution is -2.46. The van der Waals surface area contributed by atoms with Crippen molar-refractivity contribution < 1.29 is 32.7 Å². The number of nitrogens with two attached hydrogens (primary N) is 1. The summed E-state index contributed by atoms with van der Waals surface area (Å²) in [5, 5.41) is 28.1. The van der Waals surface area contributed by atoms with Gasteiger partial charge in [-0.2, -0.15) is 23.5 Å². The molecule has 2 amide bonds. The number of carbonyl (C=O) groups is 3. The van der Waals surface area contributed by atoms with Crippen molar-refractivity contribution in [2.75, 3.05) is 18.4 Å². The van der Waals surface area contributed by atoms with Gasteiger partial charge in [-0.1, -0.05) is 6.92 Å². The van der Waals surface area contributed by atoms with Crippen LogP contribution in [0.25, 0.3) is 16.9 Å². The Bertz CT molecular complexity index is 1760. The van der Waals surface area contributed by atoms with Gasteiger partial charge in [0, 0.05) is 54.9 Å². The van der Waals surface area contributed by atoms with Crippen molar-refractivity contribution >= 4 is 35.4 Å². The molecule has 3 aromatic heterocycles. The van der Waals surface area contributed by atoms with Crippen LogP contribution in [-0.4, -0.2) is 66.7 Å². The van der Waals surface area contributed by atoms with Crippen LogP contribution in [0, 0.1) is 17.2 Å². The van der Waals surface area contributed by atoms with Crippen LogP contribution < -0.4 is 21.7 Å². The summed E-state index contributed by atoms with van der Waals surface area (Å²) in [5.41, 5.74) is 6.62. The Morgan fingerprint density at radius 1 is 1.22 bits per heavy atom. The molecule has 242 valence electrons. The zero-order chi connectivity index (χ0) is 33.4. The molecule has 0 radical (unpaired) electrons. The molecule has 0 aliphatic heterocycles. The minimum absolute atomic E-state index is 0.0521. The van der Waals surface area contributed by atoms with E-state index >= 15 is 0 Å². The van der Waals surface area contributed by atoms with Crippen molar-refractivity contribution in [2.24, 2.45) is 11.7 Å². The zero-order valence-electron chi connectivity index (χ0n) is 24.6. The first-order valence-electron chi connectivity index (χ1n) is 14.1. The van der Waals surface area contributed by atoms with E-state index in [-0.39, 0.29) is 66.1 Å². The van der Waals surface area contributed by atoms with Crippen LogP contribution in [0.5, 0.6) is 0 Å². The molecule has 0 saturated heterocycles. The van der Waals surface area contributed by atoms with Crippen LogP contribution in [0.4, 0.5) is 24.7 Å². The van der Waals surface area contributed by atoms with E-state index in [1.165, 1.54) is 29.2 Å². The van der Waals surface area contributed by atoms with Gasteiger partial charge in [-0.3, -0.25) is 23.5 Å². The quantitative estimate of drug-likeness (QED) is 0.127. The third-order valence-corrected chi connectivity index (χ3v) is 7.22. The van der Waals surface area contributed by atoms with Crippen molar-refractivity contribution in [1.82, 2.24) is 34.8 Å².